The lowest BCUT2D eigenvalue weighted by Gasteiger charge is -2.42. The van der Waals surface area contributed by atoms with Crippen molar-refractivity contribution in [2.45, 2.75) is 31.7 Å². The lowest BCUT2D eigenvalue weighted by Crippen LogP contribution is -2.48. The third-order valence-corrected chi connectivity index (χ3v) is 6.72. The molecule has 0 aromatic carbocycles. The molecule has 4 heterocycles. The summed E-state index contributed by atoms with van der Waals surface area (Å²) < 4.78 is 69.4. The number of hydrogen-bond donors (Lipinski definition) is 2. The van der Waals surface area contributed by atoms with Crippen LogP contribution < -0.4 is 0 Å². The van der Waals surface area contributed by atoms with E-state index in [1.807, 2.05) is 34.1 Å². The van der Waals surface area contributed by atoms with E-state index >= 15 is 0 Å². The summed E-state index contributed by atoms with van der Waals surface area (Å²) >= 11 is 1.58. The highest BCUT2D eigenvalue weighted by Gasteiger charge is 2.40. The molecular weight excluding hydrogens is 572 g/mol. The Morgan fingerprint density at radius 3 is 1.98 bits per heavy atom. The van der Waals surface area contributed by atoms with E-state index < -0.39 is 24.3 Å². The first-order valence-electron chi connectivity index (χ1n) is 11.7. The van der Waals surface area contributed by atoms with Crippen molar-refractivity contribution >= 4 is 29.2 Å². The van der Waals surface area contributed by atoms with Crippen molar-refractivity contribution in [1.29, 1.82) is 0 Å². The molecule has 0 saturated carbocycles. The van der Waals surface area contributed by atoms with Gasteiger partial charge < -0.3 is 19.8 Å². The van der Waals surface area contributed by atoms with Crippen LogP contribution in [0.5, 0.6) is 0 Å². The molecule has 1 spiro atoms. The van der Waals surface area contributed by atoms with Crippen molar-refractivity contribution in [2.24, 2.45) is 5.41 Å². The Kier molecular flexibility index (Phi) is 11.9. The Morgan fingerprint density at radius 2 is 1.50 bits per heavy atom. The number of carboxylic acids is 2. The smallest absolute Gasteiger partial charge is 0.475 e. The summed E-state index contributed by atoms with van der Waals surface area (Å²) in [5, 5.41) is 18.2. The highest BCUT2D eigenvalue weighted by Crippen LogP contribution is 2.35. The standard InChI is InChI=1S/C20H25N3O2S.2C2HF3O2/c24-19(18-3-12-26-14-18)23-8-4-20(5-9-23)15-22(10-11-25-16-20)13-17-1-6-21-7-2-17;2*3-2(4,5)1(6)7/h1-3,6-7,12,14H,4-5,8-11,13,15-16H2;2*(H,6,7). The van der Waals surface area contributed by atoms with Crippen LogP contribution in [-0.4, -0.2) is 94.6 Å². The molecular formula is C24H27F6N3O6S. The molecule has 4 rings (SSSR count). The van der Waals surface area contributed by atoms with Crippen LogP contribution in [0.2, 0.25) is 0 Å². The lowest BCUT2D eigenvalue weighted by molar-refractivity contribution is -0.193. The van der Waals surface area contributed by atoms with Crippen molar-refractivity contribution in [2.75, 3.05) is 39.4 Å². The SMILES string of the molecule is O=C(O)C(F)(F)F.O=C(O)C(F)(F)F.O=C(c1ccsc1)N1CCC2(CC1)COCCN(Cc1ccncc1)C2. The number of hydrogen-bond acceptors (Lipinski definition) is 7. The normalized spacial score (nSPS) is 17.5. The number of aliphatic carboxylic acids is 2. The van der Waals surface area contributed by atoms with Gasteiger partial charge in [0, 0.05) is 55.9 Å². The van der Waals surface area contributed by atoms with Crippen LogP contribution in [-0.2, 0) is 20.9 Å². The fourth-order valence-electron chi connectivity index (χ4n) is 4.02. The van der Waals surface area contributed by atoms with E-state index in [0.29, 0.717) is 0 Å². The Balaban J connectivity index is 0.000000333. The second-order valence-corrected chi connectivity index (χ2v) is 9.81. The molecule has 40 heavy (non-hydrogen) atoms. The summed E-state index contributed by atoms with van der Waals surface area (Å²) in [5.74, 6) is -5.34. The van der Waals surface area contributed by atoms with Crippen molar-refractivity contribution < 1.29 is 55.7 Å². The molecule has 9 nitrogen and oxygen atoms in total. The molecule has 0 aliphatic carbocycles. The minimum absolute atomic E-state index is 0.162. The van der Waals surface area contributed by atoms with Gasteiger partial charge in [0.2, 0.25) is 0 Å². The van der Waals surface area contributed by atoms with Gasteiger partial charge in [-0.05, 0) is 42.0 Å². The molecule has 2 N–H and O–H groups in total. The topological polar surface area (TPSA) is 120 Å². The average Bonchev–Trinajstić information content (AvgIpc) is 3.35. The molecule has 16 heteroatoms. The number of nitrogens with zero attached hydrogens (tertiary/aromatic N) is 3. The highest BCUT2D eigenvalue weighted by molar-refractivity contribution is 7.08. The minimum Gasteiger partial charge on any atom is -0.475 e. The molecule has 2 saturated heterocycles. The van der Waals surface area contributed by atoms with E-state index in [1.165, 1.54) is 5.56 Å². The van der Waals surface area contributed by atoms with Crippen molar-refractivity contribution in [3.8, 4) is 0 Å². The molecule has 222 valence electrons. The van der Waals surface area contributed by atoms with E-state index in [9.17, 15) is 31.1 Å². The van der Waals surface area contributed by atoms with Crippen LogP contribution >= 0.6 is 11.3 Å². The maximum Gasteiger partial charge on any atom is 0.490 e. The Hall–Kier alpha value is -3.24. The second kappa shape index (κ2) is 14.4. The van der Waals surface area contributed by atoms with Gasteiger partial charge in [-0.15, -0.1) is 0 Å². The summed E-state index contributed by atoms with van der Waals surface area (Å²) in [5.41, 5.74) is 2.28. The van der Waals surface area contributed by atoms with Gasteiger partial charge in [-0.3, -0.25) is 14.7 Å². The first-order valence-corrected chi connectivity index (χ1v) is 12.7. The van der Waals surface area contributed by atoms with E-state index in [0.717, 1.165) is 64.3 Å². The molecule has 2 fully saturated rings. The van der Waals surface area contributed by atoms with Crippen LogP contribution in [0.15, 0.2) is 41.4 Å². The van der Waals surface area contributed by atoms with E-state index in [2.05, 4.69) is 22.0 Å². The van der Waals surface area contributed by atoms with Crippen molar-refractivity contribution in [1.82, 2.24) is 14.8 Å². The van der Waals surface area contributed by atoms with Gasteiger partial charge in [0.15, 0.2) is 0 Å². The maximum atomic E-state index is 12.6. The molecule has 2 aliphatic rings. The summed E-state index contributed by atoms with van der Waals surface area (Å²) in [7, 11) is 0. The average molecular weight is 600 g/mol. The predicted molar refractivity (Wildman–Crippen MR) is 130 cm³/mol. The molecule has 0 atom stereocenters. The zero-order valence-electron chi connectivity index (χ0n) is 21.0. The minimum atomic E-state index is -5.08. The van der Waals surface area contributed by atoms with Crippen LogP contribution in [0.25, 0.3) is 0 Å². The molecule has 0 unspecified atom stereocenters. The van der Waals surface area contributed by atoms with Crippen LogP contribution in [0, 0.1) is 5.41 Å². The van der Waals surface area contributed by atoms with Gasteiger partial charge in [0.05, 0.1) is 18.8 Å². The predicted octanol–water partition coefficient (Wildman–Crippen LogP) is 4.16. The number of piperidine rings is 1. The molecule has 2 aromatic heterocycles. The largest absolute Gasteiger partial charge is 0.490 e. The third-order valence-electron chi connectivity index (χ3n) is 6.04. The Morgan fingerprint density at radius 1 is 0.950 bits per heavy atom. The fraction of sp³-hybridized carbons (Fsp3) is 0.500. The number of aromatic nitrogens is 1. The Bertz CT molecular complexity index is 1070. The molecule has 2 aromatic rings. The zero-order chi connectivity index (χ0) is 30.0. The number of carbonyl (C=O) groups is 3. The number of carbonyl (C=O) groups excluding carboxylic acids is 1. The van der Waals surface area contributed by atoms with Crippen LogP contribution in [0.1, 0.15) is 28.8 Å². The summed E-state index contributed by atoms with van der Waals surface area (Å²) in [6.07, 6.45) is -4.44. The fourth-order valence-corrected chi connectivity index (χ4v) is 4.65. The van der Waals surface area contributed by atoms with E-state index in [4.69, 9.17) is 24.5 Å². The summed E-state index contributed by atoms with van der Waals surface area (Å²) in [4.78, 5) is 39.0. The lowest BCUT2D eigenvalue weighted by atomic mass is 9.78. The zero-order valence-corrected chi connectivity index (χ0v) is 21.8. The number of rotatable bonds is 3. The number of pyridine rings is 1. The van der Waals surface area contributed by atoms with Crippen LogP contribution in [0.3, 0.4) is 0 Å². The van der Waals surface area contributed by atoms with Crippen LogP contribution in [0.4, 0.5) is 26.3 Å². The van der Waals surface area contributed by atoms with Gasteiger partial charge in [-0.2, -0.15) is 37.7 Å². The Labute approximate surface area is 229 Å². The molecule has 0 radical (unpaired) electrons. The maximum absolute atomic E-state index is 12.6. The van der Waals surface area contributed by atoms with E-state index in [-0.39, 0.29) is 11.3 Å². The first-order chi connectivity index (χ1) is 18.6. The van der Waals surface area contributed by atoms with Gasteiger partial charge in [0.25, 0.3) is 5.91 Å². The number of amides is 1. The number of thiophene rings is 1. The van der Waals surface area contributed by atoms with Gasteiger partial charge >= 0.3 is 24.3 Å². The van der Waals surface area contributed by atoms with Crippen molar-refractivity contribution in [3.05, 3.63) is 52.5 Å². The molecule has 2 aliphatic heterocycles. The molecule has 1 amide bonds. The number of ether oxygens (including phenoxy) is 1. The number of halogens is 6. The van der Waals surface area contributed by atoms with Gasteiger partial charge in [-0.25, -0.2) is 9.59 Å². The van der Waals surface area contributed by atoms with E-state index in [1.54, 1.807) is 11.3 Å². The quantitative estimate of drug-likeness (QED) is 0.505. The first kappa shape index (κ1) is 33.0. The van der Waals surface area contributed by atoms with Gasteiger partial charge in [0.1, 0.15) is 0 Å². The molecule has 0 bridgehead atoms. The third kappa shape index (κ3) is 10.7. The summed E-state index contributed by atoms with van der Waals surface area (Å²) in [6, 6.07) is 6.09. The van der Waals surface area contributed by atoms with Crippen molar-refractivity contribution in [3.63, 3.8) is 0 Å². The van der Waals surface area contributed by atoms with Gasteiger partial charge in [-0.1, -0.05) is 0 Å². The second-order valence-electron chi connectivity index (χ2n) is 9.03. The number of alkyl halides is 6. The summed E-state index contributed by atoms with van der Waals surface area (Å²) in [6.45, 7) is 6.16. The monoisotopic (exact) mass is 599 g/mol. The number of likely N-dealkylation sites (tertiary alicyclic amines) is 1. The number of carboxylic acid groups (broad SMARTS) is 2. The highest BCUT2D eigenvalue weighted by atomic mass is 32.1.